The second-order valence-corrected chi connectivity index (χ2v) is 4.33. The fourth-order valence-corrected chi connectivity index (χ4v) is 1.45. The molecule has 0 amide bonds. The zero-order valence-corrected chi connectivity index (χ0v) is 10.8. The molecule has 0 bridgehead atoms. The third-order valence-corrected chi connectivity index (χ3v) is 2.54. The normalized spacial score (nSPS) is 10.8. The molecule has 0 atom stereocenters. The molecule has 3 nitrogen and oxygen atoms in total. The first-order valence-corrected chi connectivity index (χ1v) is 6.24. The highest BCUT2D eigenvalue weighted by molar-refractivity contribution is 5.28. The third kappa shape index (κ3) is 5.71. The van der Waals surface area contributed by atoms with Gasteiger partial charge in [0, 0.05) is 6.61 Å². The van der Waals surface area contributed by atoms with Crippen LogP contribution in [-0.4, -0.2) is 26.4 Å². The van der Waals surface area contributed by atoms with Gasteiger partial charge in [-0.05, 0) is 36.6 Å². The summed E-state index contributed by atoms with van der Waals surface area (Å²) in [5.41, 5.74) is 6.69. The smallest absolute Gasteiger partial charge is 0.119 e. The van der Waals surface area contributed by atoms with E-state index in [9.17, 15) is 0 Å². The monoisotopic (exact) mass is 237 g/mol. The Kier molecular flexibility index (Phi) is 6.67. The molecule has 3 heteroatoms. The van der Waals surface area contributed by atoms with Crippen LogP contribution in [0, 0.1) is 0 Å². The molecule has 1 aromatic carbocycles. The average Bonchev–Trinajstić information content (AvgIpc) is 2.34. The van der Waals surface area contributed by atoms with Crippen molar-refractivity contribution in [2.45, 2.75) is 26.2 Å². The first kappa shape index (κ1) is 14.0. The van der Waals surface area contributed by atoms with E-state index in [1.54, 1.807) is 0 Å². The van der Waals surface area contributed by atoms with Crippen LogP contribution >= 0.6 is 0 Å². The fraction of sp³-hybridized carbons (Fsp3) is 0.571. The van der Waals surface area contributed by atoms with Crippen LogP contribution < -0.4 is 10.5 Å². The van der Waals surface area contributed by atoms with Crippen molar-refractivity contribution in [2.75, 3.05) is 26.4 Å². The SMILES string of the molecule is CC(C)c1ccc(OCCOCCCN)cc1. The summed E-state index contributed by atoms with van der Waals surface area (Å²) in [6.45, 7) is 6.96. The molecular weight excluding hydrogens is 214 g/mol. The Bertz CT molecular complexity index is 296. The Morgan fingerprint density at radius 2 is 1.76 bits per heavy atom. The molecule has 0 aromatic heterocycles. The van der Waals surface area contributed by atoms with E-state index >= 15 is 0 Å². The van der Waals surface area contributed by atoms with Gasteiger partial charge in [-0.2, -0.15) is 0 Å². The molecule has 2 N–H and O–H groups in total. The Morgan fingerprint density at radius 3 is 2.35 bits per heavy atom. The van der Waals surface area contributed by atoms with Crippen LogP contribution in [0.2, 0.25) is 0 Å². The zero-order chi connectivity index (χ0) is 12.5. The van der Waals surface area contributed by atoms with E-state index in [1.165, 1.54) is 5.56 Å². The van der Waals surface area contributed by atoms with Crippen molar-refractivity contribution in [3.8, 4) is 5.75 Å². The van der Waals surface area contributed by atoms with Gasteiger partial charge >= 0.3 is 0 Å². The van der Waals surface area contributed by atoms with Crippen molar-refractivity contribution in [2.24, 2.45) is 5.73 Å². The topological polar surface area (TPSA) is 44.5 Å². The lowest BCUT2D eigenvalue weighted by molar-refractivity contribution is 0.0994. The number of hydrogen-bond acceptors (Lipinski definition) is 3. The van der Waals surface area contributed by atoms with Crippen LogP contribution in [-0.2, 0) is 4.74 Å². The zero-order valence-electron chi connectivity index (χ0n) is 10.8. The largest absolute Gasteiger partial charge is 0.491 e. The van der Waals surface area contributed by atoms with E-state index in [4.69, 9.17) is 15.2 Å². The molecule has 0 saturated heterocycles. The maximum absolute atomic E-state index is 5.56. The van der Waals surface area contributed by atoms with E-state index < -0.39 is 0 Å². The van der Waals surface area contributed by atoms with Crippen LogP contribution in [0.5, 0.6) is 5.75 Å². The van der Waals surface area contributed by atoms with Crippen LogP contribution in [0.15, 0.2) is 24.3 Å². The van der Waals surface area contributed by atoms with E-state index in [0.717, 1.165) is 12.2 Å². The molecule has 0 aliphatic rings. The lowest BCUT2D eigenvalue weighted by Gasteiger charge is -2.09. The fourth-order valence-electron chi connectivity index (χ4n) is 1.45. The molecule has 0 heterocycles. The van der Waals surface area contributed by atoms with Crippen molar-refractivity contribution in [1.29, 1.82) is 0 Å². The standard InChI is InChI=1S/C14H23NO2/c1-12(2)13-4-6-14(7-5-13)17-11-10-16-9-3-8-15/h4-7,12H,3,8-11,15H2,1-2H3. The second kappa shape index (κ2) is 8.09. The summed E-state index contributed by atoms with van der Waals surface area (Å²) in [4.78, 5) is 0. The second-order valence-electron chi connectivity index (χ2n) is 4.33. The molecule has 1 rings (SSSR count). The lowest BCUT2D eigenvalue weighted by atomic mass is 10.0. The molecule has 0 aliphatic heterocycles. The number of rotatable bonds is 8. The molecule has 0 spiro atoms. The van der Waals surface area contributed by atoms with Crippen LogP contribution in [0.3, 0.4) is 0 Å². The van der Waals surface area contributed by atoms with Gasteiger partial charge in [0.25, 0.3) is 0 Å². The third-order valence-electron chi connectivity index (χ3n) is 2.54. The molecule has 96 valence electrons. The predicted octanol–water partition coefficient (Wildman–Crippen LogP) is 2.55. The minimum atomic E-state index is 0.559. The quantitative estimate of drug-likeness (QED) is 0.707. The van der Waals surface area contributed by atoms with E-state index in [1.807, 2.05) is 12.1 Å². The van der Waals surface area contributed by atoms with Crippen LogP contribution in [0.4, 0.5) is 0 Å². The van der Waals surface area contributed by atoms with Crippen molar-refractivity contribution in [3.05, 3.63) is 29.8 Å². The predicted molar refractivity (Wildman–Crippen MR) is 70.5 cm³/mol. The Morgan fingerprint density at radius 1 is 1.06 bits per heavy atom. The van der Waals surface area contributed by atoms with Crippen LogP contribution in [0.1, 0.15) is 31.7 Å². The first-order chi connectivity index (χ1) is 8.24. The molecular formula is C14H23NO2. The van der Waals surface area contributed by atoms with Crippen molar-refractivity contribution in [3.63, 3.8) is 0 Å². The summed E-state index contributed by atoms with van der Waals surface area (Å²) in [5, 5.41) is 0. The molecule has 0 unspecified atom stereocenters. The van der Waals surface area contributed by atoms with Crippen molar-refractivity contribution >= 4 is 0 Å². The van der Waals surface area contributed by atoms with Crippen molar-refractivity contribution in [1.82, 2.24) is 0 Å². The summed E-state index contributed by atoms with van der Waals surface area (Å²) in [6.07, 6.45) is 0.906. The van der Waals surface area contributed by atoms with Crippen LogP contribution in [0.25, 0.3) is 0 Å². The number of benzene rings is 1. The van der Waals surface area contributed by atoms with Gasteiger partial charge in [0.05, 0.1) is 6.61 Å². The van der Waals surface area contributed by atoms with Gasteiger partial charge in [-0.25, -0.2) is 0 Å². The summed E-state index contributed by atoms with van der Waals surface area (Å²) >= 11 is 0. The molecule has 1 aromatic rings. The van der Waals surface area contributed by atoms with Gasteiger partial charge < -0.3 is 15.2 Å². The minimum Gasteiger partial charge on any atom is -0.491 e. The van der Waals surface area contributed by atoms with Gasteiger partial charge in [0.15, 0.2) is 0 Å². The highest BCUT2D eigenvalue weighted by Gasteiger charge is 1.99. The first-order valence-electron chi connectivity index (χ1n) is 6.24. The molecule has 0 radical (unpaired) electrons. The van der Waals surface area contributed by atoms with Crippen molar-refractivity contribution < 1.29 is 9.47 Å². The Balaban J connectivity index is 2.19. The van der Waals surface area contributed by atoms with E-state index in [-0.39, 0.29) is 0 Å². The summed E-state index contributed by atoms with van der Waals surface area (Å²) in [5.74, 6) is 1.46. The number of hydrogen-bond donors (Lipinski definition) is 1. The Labute approximate surface area is 104 Å². The van der Waals surface area contributed by atoms with Gasteiger partial charge in [0.2, 0.25) is 0 Å². The maximum atomic E-state index is 5.56. The maximum Gasteiger partial charge on any atom is 0.119 e. The van der Waals surface area contributed by atoms with Gasteiger partial charge in [-0.3, -0.25) is 0 Å². The molecule has 17 heavy (non-hydrogen) atoms. The highest BCUT2D eigenvalue weighted by Crippen LogP contribution is 2.18. The molecule has 0 fully saturated rings. The van der Waals surface area contributed by atoms with Gasteiger partial charge in [0.1, 0.15) is 12.4 Å². The van der Waals surface area contributed by atoms with Gasteiger partial charge in [-0.1, -0.05) is 26.0 Å². The lowest BCUT2D eigenvalue weighted by Crippen LogP contribution is -2.10. The number of nitrogens with two attached hydrogens (primary N) is 1. The van der Waals surface area contributed by atoms with Gasteiger partial charge in [-0.15, -0.1) is 0 Å². The average molecular weight is 237 g/mol. The minimum absolute atomic E-state index is 0.559. The molecule has 0 aliphatic carbocycles. The summed E-state index contributed by atoms with van der Waals surface area (Å²) in [7, 11) is 0. The van der Waals surface area contributed by atoms with E-state index in [2.05, 4.69) is 26.0 Å². The van der Waals surface area contributed by atoms with E-state index in [0.29, 0.717) is 32.3 Å². The Hall–Kier alpha value is -1.06. The molecule has 0 saturated carbocycles. The summed E-state index contributed by atoms with van der Waals surface area (Å²) in [6, 6.07) is 8.23. The highest BCUT2D eigenvalue weighted by atomic mass is 16.5. The summed E-state index contributed by atoms with van der Waals surface area (Å²) < 4.78 is 10.9. The number of ether oxygens (including phenoxy) is 2.